The number of nitrogens with zero attached hydrogens (tertiary/aromatic N) is 3. The molecule has 3 heterocycles. The van der Waals surface area contributed by atoms with E-state index >= 15 is 0 Å². The Morgan fingerprint density at radius 3 is 3.14 bits per heavy atom. The zero-order chi connectivity index (χ0) is 14.7. The van der Waals surface area contributed by atoms with Crippen molar-refractivity contribution in [1.82, 2.24) is 20.1 Å². The van der Waals surface area contributed by atoms with Crippen LogP contribution in [0.2, 0.25) is 0 Å². The van der Waals surface area contributed by atoms with E-state index in [9.17, 15) is 4.79 Å². The maximum absolute atomic E-state index is 12.6. The van der Waals surface area contributed by atoms with E-state index in [0.29, 0.717) is 26.2 Å². The molecule has 0 spiro atoms. The van der Waals surface area contributed by atoms with Gasteiger partial charge in [0.05, 0.1) is 37.6 Å². The molecular weight excluding hydrogens is 268 g/mol. The number of amides is 1. The van der Waals surface area contributed by atoms with E-state index in [-0.39, 0.29) is 11.9 Å². The van der Waals surface area contributed by atoms with Crippen LogP contribution in [0.15, 0.2) is 30.7 Å². The SMILES string of the molecule is Cc1cn[nH]c1[C@H]1COCCN1C(=O)Cc1cccnc1. The Bertz CT molecular complexity index is 611. The molecule has 1 saturated heterocycles. The van der Waals surface area contributed by atoms with Crippen molar-refractivity contribution in [2.45, 2.75) is 19.4 Å². The Morgan fingerprint density at radius 2 is 2.43 bits per heavy atom. The average Bonchev–Trinajstić information content (AvgIpc) is 2.94. The summed E-state index contributed by atoms with van der Waals surface area (Å²) < 4.78 is 5.54. The van der Waals surface area contributed by atoms with Gasteiger partial charge in [0.1, 0.15) is 0 Å². The van der Waals surface area contributed by atoms with Gasteiger partial charge < -0.3 is 9.64 Å². The molecule has 2 aromatic rings. The molecule has 0 unspecified atom stereocenters. The van der Waals surface area contributed by atoms with Gasteiger partial charge in [0, 0.05) is 18.9 Å². The Hall–Kier alpha value is -2.21. The molecule has 0 bridgehead atoms. The van der Waals surface area contributed by atoms with E-state index in [1.807, 2.05) is 24.0 Å². The lowest BCUT2D eigenvalue weighted by Gasteiger charge is -2.35. The summed E-state index contributed by atoms with van der Waals surface area (Å²) in [5, 5.41) is 7.03. The molecule has 110 valence electrons. The quantitative estimate of drug-likeness (QED) is 0.922. The minimum atomic E-state index is -0.0922. The molecule has 6 nitrogen and oxygen atoms in total. The lowest BCUT2D eigenvalue weighted by Crippen LogP contribution is -2.44. The highest BCUT2D eigenvalue weighted by Crippen LogP contribution is 2.25. The molecule has 1 fully saturated rings. The first-order valence-electron chi connectivity index (χ1n) is 7.01. The summed E-state index contributed by atoms with van der Waals surface area (Å²) in [7, 11) is 0. The largest absolute Gasteiger partial charge is 0.377 e. The molecule has 6 heteroatoms. The summed E-state index contributed by atoms with van der Waals surface area (Å²) in [5.41, 5.74) is 2.92. The lowest BCUT2D eigenvalue weighted by molar-refractivity contribution is -0.139. The molecular formula is C15H18N4O2. The second kappa shape index (κ2) is 6.05. The molecule has 1 aliphatic rings. The topological polar surface area (TPSA) is 71.1 Å². The molecule has 3 rings (SSSR count). The number of ether oxygens (including phenoxy) is 1. The number of aromatic amines is 1. The van der Waals surface area contributed by atoms with Gasteiger partial charge in [0.2, 0.25) is 5.91 Å². The van der Waals surface area contributed by atoms with Crippen LogP contribution in [-0.2, 0) is 16.0 Å². The average molecular weight is 286 g/mol. The monoisotopic (exact) mass is 286 g/mol. The van der Waals surface area contributed by atoms with E-state index in [2.05, 4.69) is 15.2 Å². The number of rotatable bonds is 3. The van der Waals surface area contributed by atoms with Crippen LogP contribution in [0.1, 0.15) is 22.9 Å². The molecule has 0 radical (unpaired) electrons. The predicted molar refractivity (Wildman–Crippen MR) is 76.5 cm³/mol. The van der Waals surface area contributed by atoms with Crippen molar-refractivity contribution in [3.63, 3.8) is 0 Å². The van der Waals surface area contributed by atoms with Crippen molar-refractivity contribution in [2.24, 2.45) is 0 Å². The molecule has 2 aromatic heterocycles. The number of H-pyrrole nitrogens is 1. The molecule has 0 aliphatic carbocycles. The highest BCUT2D eigenvalue weighted by Gasteiger charge is 2.30. The summed E-state index contributed by atoms with van der Waals surface area (Å²) in [6.07, 6.45) is 5.57. The van der Waals surface area contributed by atoms with Crippen LogP contribution < -0.4 is 0 Å². The molecule has 21 heavy (non-hydrogen) atoms. The highest BCUT2D eigenvalue weighted by molar-refractivity contribution is 5.79. The maximum atomic E-state index is 12.6. The van der Waals surface area contributed by atoms with Crippen molar-refractivity contribution in [1.29, 1.82) is 0 Å². The van der Waals surface area contributed by atoms with Gasteiger partial charge in [0.15, 0.2) is 0 Å². The first-order valence-corrected chi connectivity index (χ1v) is 7.01. The van der Waals surface area contributed by atoms with Crippen LogP contribution in [0.5, 0.6) is 0 Å². The van der Waals surface area contributed by atoms with Gasteiger partial charge in [-0.25, -0.2) is 0 Å². The first-order chi connectivity index (χ1) is 10.3. The first kappa shape index (κ1) is 13.8. The normalized spacial score (nSPS) is 18.7. The summed E-state index contributed by atoms with van der Waals surface area (Å²) in [5.74, 6) is 0.0882. The lowest BCUT2D eigenvalue weighted by atomic mass is 10.1. The molecule has 1 aliphatic heterocycles. The Balaban J connectivity index is 1.78. The summed E-state index contributed by atoms with van der Waals surface area (Å²) in [6, 6.07) is 3.67. The van der Waals surface area contributed by atoms with E-state index in [4.69, 9.17) is 4.74 Å². The maximum Gasteiger partial charge on any atom is 0.227 e. The molecule has 1 N–H and O–H groups in total. The molecule has 0 saturated carbocycles. The van der Waals surface area contributed by atoms with Gasteiger partial charge in [-0.3, -0.25) is 14.9 Å². The minimum absolute atomic E-state index is 0.0882. The van der Waals surface area contributed by atoms with E-state index in [0.717, 1.165) is 16.8 Å². The van der Waals surface area contributed by atoms with Gasteiger partial charge in [0.25, 0.3) is 0 Å². The number of hydrogen-bond donors (Lipinski definition) is 1. The number of carbonyl (C=O) groups is 1. The molecule has 0 aromatic carbocycles. The van der Waals surface area contributed by atoms with Crippen molar-refractivity contribution in [2.75, 3.05) is 19.8 Å². The highest BCUT2D eigenvalue weighted by atomic mass is 16.5. The molecule has 1 amide bonds. The van der Waals surface area contributed by atoms with Crippen LogP contribution in [0.25, 0.3) is 0 Å². The number of nitrogens with one attached hydrogen (secondary N) is 1. The number of hydrogen-bond acceptors (Lipinski definition) is 4. The van der Waals surface area contributed by atoms with Gasteiger partial charge in [-0.2, -0.15) is 5.10 Å². The Kier molecular flexibility index (Phi) is 3.96. The van der Waals surface area contributed by atoms with E-state index in [1.165, 1.54) is 0 Å². The third kappa shape index (κ3) is 2.95. The predicted octanol–water partition coefficient (Wildman–Crippen LogP) is 1.26. The summed E-state index contributed by atoms with van der Waals surface area (Å²) >= 11 is 0. The van der Waals surface area contributed by atoms with Crippen molar-refractivity contribution in [3.8, 4) is 0 Å². The second-order valence-electron chi connectivity index (χ2n) is 5.18. The molecule has 1 atom stereocenters. The number of aryl methyl sites for hydroxylation is 1. The van der Waals surface area contributed by atoms with Crippen molar-refractivity contribution in [3.05, 3.63) is 47.5 Å². The third-order valence-corrected chi connectivity index (χ3v) is 3.73. The van der Waals surface area contributed by atoms with Crippen molar-refractivity contribution < 1.29 is 9.53 Å². The standard InChI is InChI=1S/C15H18N4O2/c1-11-8-17-18-15(11)13-10-21-6-5-19(13)14(20)7-12-3-2-4-16-9-12/h2-4,8-9,13H,5-7,10H2,1H3,(H,17,18)/t13-/m1/s1. The fraction of sp³-hybridized carbons (Fsp3) is 0.400. The van der Waals surface area contributed by atoms with Crippen molar-refractivity contribution >= 4 is 5.91 Å². The van der Waals surface area contributed by atoms with Crippen LogP contribution in [-0.4, -0.2) is 45.7 Å². The van der Waals surface area contributed by atoms with E-state index in [1.54, 1.807) is 18.6 Å². The smallest absolute Gasteiger partial charge is 0.227 e. The minimum Gasteiger partial charge on any atom is -0.377 e. The summed E-state index contributed by atoms with van der Waals surface area (Å²) in [6.45, 7) is 3.66. The number of aromatic nitrogens is 3. The van der Waals surface area contributed by atoms with Crippen LogP contribution in [0.3, 0.4) is 0 Å². The third-order valence-electron chi connectivity index (χ3n) is 3.73. The van der Waals surface area contributed by atoms with Gasteiger partial charge in [-0.05, 0) is 24.1 Å². The zero-order valence-corrected chi connectivity index (χ0v) is 12.0. The Labute approximate surface area is 123 Å². The van der Waals surface area contributed by atoms with Crippen LogP contribution in [0, 0.1) is 6.92 Å². The zero-order valence-electron chi connectivity index (χ0n) is 12.0. The second-order valence-corrected chi connectivity index (χ2v) is 5.18. The van der Waals surface area contributed by atoms with Gasteiger partial charge >= 0.3 is 0 Å². The number of carbonyl (C=O) groups excluding carboxylic acids is 1. The number of morpholine rings is 1. The fourth-order valence-electron chi connectivity index (χ4n) is 2.61. The Morgan fingerprint density at radius 1 is 1.52 bits per heavy atom. The summed E-state index contributed by atoms with van der Waals surface area (Å²) in [4.78, 5) is 18.5. The number of pyridine rings is 1. The van der Waals surface area contributed by atoms with Gasteiger partial charge in [-0.1, -0.05) is 6.07 Å². The van der Waals surface area contributed by atoms with Crippen LogP contribution >= 0.6 is 0 Å². The van der Waals surface area contributed by atoms with Crippen LogP contribution in [0.4, 0.5) is 0 Å². The fourth-order valence-corrected chi connectivity index (χ4v) is 2.61. The van der Waals surface area contributed by atoms with Gasteiger partial charge in [-0.15, -0.1) is 0 Å². The van der Waals surface area contributed by atoms with E-state index < -0.39 is 0 Å².